The topological polar surface area (TPSA) is 59.1 Å². The molecule has 2 aromatic rings. The van der Waals surface area contributed by atoms with E-state index in [0.29, 0.717) is 13.0 Å². The van der Waals surface area contributed by atoms with Gasteiger partial charge in [0.25, 0.3) is 0 Å². The van der Waals surface area contributed by atoms with Crippen LogP contribution < -0.4 is 5.73 Å². The lowest BCUT2D eigenvalue weighted by molar-refractivity contribution is 0.195. The van der Waals surface area contributed by atoms with Gasteiger partial charge < -0.3 is 10.8 Å². The number of hydrogen-bond donors (Lipinski definition) is 2. The number of nitrogens with zero attached hydrogens (tertiary/aromatic N) is 1. The summed E-state index contributed by atoms with van der Waals surface area (Å²) < 4.78 is 0.943. The lowest BCUT2D eigenvalue weighted by Crippen LogP contribution is -2.41. The fraction of sp³-hybridized carbons (Fsp3) is 0.267. The van der Waals surface area contributed by atoms with E-state index in [9.17, 15) is 5.11 Å². The van der Waals surface area contributed by atoms with Gasteiger partial charge in [-0.15, -0.1) is 0 Å². The maximum atomic E-state index is 9.83. The van der Waals surface area contributed by atoms with Crippen molar-refractivity contribution in [2.24, 2.45) is 5.73 Å². The quantitative estimate of drug-likeness (QED) is 0.888. The number of aromatic nitrogens is 1. The highest BCUT2D eigenvalue weighted by atomic mass is 79.9. The molecule has 1 aromatic heterocycles. The molecule has 3 nitrogen and oxygen atoms in total. The Labute approximate surface area is 121 Å². The van der Waals surface area contributed by atoms with Gasteiger partial charge in [-0.3, -0.25) is 4.98 Å². The number of aliphatic hydroxyl groups excluding tert-OH is 1. The Balaban J connectivity index is 2.32. The van der Waals surface area contributed by atoms with E-state index in [1.54, 1.807) is 6.20 Å². The second-order valence-corrected chi connectivity index (χ2v) is 5.57. The Morgan fingerprint density at radius 2 is 1.89 bits per heavy atom. The SMILES string of the molecule is NCC(CO)(Cc1ccc(Br)cn1)c1ccccc1. The highest BCUT2D eigenvalue weighted by Gasteiger charge is 2.30. The normalized spacial score (nSPS) is 14.1. The number of hydrogen-bond acceptors (Lipinski definition) is 3. The maximum Gasteiger partial charge on any atom is 0.0543 e. The van der Waals surface area contributed by atoms with Gasteiger partial charge in [-0.25, -0.2) is 0 Å². The number of nitrogens with two attached hydrogens (primary N) is 1. The second-order valence-electron chi connectivity index (χ2n) is 4.65. The first-order valence-corrected chi connectivity index (χ1v) is 6.96. The molecule has 1 unspecified atom stereocenters. The molecule has 19 heavy (non-hydrogen) atoms. The van der Waals surface area contributed by atoms with Crippen LogP contribution in [0, 0.1) is 0 Å². The van der Waals surface area contributed by atoms with E-state index in [1.807, 2.05) is 42.5 Å². The molecule has 0 fully saturated rings. The van der Waals surface area contributed by atoms with Gasteiger partial charge in [-0.2, -0.15) is 0 Å². The van der Waals surface area contributed by atoms with Crippen molar-refractivity contribution >= 4 is 15.9 Å². The summed E-state index contributed by atoms with van der Waals surface area (Å²) in [6.45, 7) is 0.385. The van der Waals surface area contributed by atoms with E-state index in [1.165, 1.54) is 0 Å². The third-order valence-electron chi connectivity index (χ3n) is 3.39. The lowest BCUT2D eigenvalue weighted by Gasteiger charge is -2.30. The summed E-state index contributed by atoms with van der Waals surface area (Å²) in [6.07, 6.45) is 2.39. The molecular weight excluding hydrogens is 304 g/mol. The van der Waals surface area contributed by atoms with Crippen LogP contribution in [0.5, 0.6) is 0 Å². The first-order chi connectivity index (χ1) is 9.20. The molecule has 1 heterocycles. The third kappa shape index (κ3) is 3.21. The van der Waals surface area contributed by atoms with Gasteiger partial charge in [0.15, 0.2) is 0 Å². The third-order valence-corrected chi connectivity index (χ3v) is 3.86. The summed E-state index contributed by atoms with van der Waals surface area (Å²) in [5.41, 5.74) is 7.43. The highest BCUT2D eigenvalue weighted by molar-refractivity contribution is 9.10. The number of pyridine rings is 1. The number of benzene rings is 1. The molecule has 0 aliphatic rings. The van der Waals surface area contributed by atoms with Crippen molar-refractivity contribution in [1.29, 1.82) is 0 Å². The zero-order chi connectivity index (χ0) is 13.7. The smallest absolute Gasteiger partial charge is 0.0543 e. The Morgan fingerprint density at radius 3 is 2.42 bits per heavy atom. The minimum atomic E-state index is -0.470. The molecular formula is C15H17BrN2O. The summed E-state index contributed by atoms with van der Waals surface area (Å²) in [5, 5.41) is 9.83. The van der Waals surface area contributed by atoms with Crippen LogP contribution in [0.25, 0.3) is 0 Å². The molecule has 0 saturated carbocycles. The van der Waals surface area contributed by atoms with Crippen LogP contribution in [0.4, 0.5) is 0 Å². The minimum Gasteiger partial charge on any atom is -0.395 e. The van der Waals surface area contributed by atoms with Crippen LogP contribution in [0.3, 0.4) is 0 Å². The molecule has 1 aromatic carbocycles. The van der Waals surface area contributed by atoms with Gasteiger partial charge in [0.2, 0.25) is 0 Å². The van der Waals surface area contributed by atoms with Crippen LogP contribution in [0.2, 0.25) is 0 Å². The first kappa shape index (κ1) is 14.2. The predicted octanol–water partition coefficient (Wildman–Crippen LogP) is 2.28. The van der Waals surface area contributed by atoms with Crippen molar-refractivity contribution in [2.75, 3.05) is 13.2 Å². The van der Waals surface area contributed by atoms with Crippen molar-refractivity contribution in [2.45, 2.75) is 11.8 Å². The zero-order valence-electron chi connectivity index (χ0n) is 10.6. The molecule has 2 rings (SSSR count). The zero-order valence-corrected chi connectivity index (χ0v) is 12.2. The van der Waals surface area contributed by atoms with Crippen molar-refractivity contribution in [1.82, 2.24) is 4.98 Å². The summed E-state index contributed by atoms with van der Waals surface area (Å²) in [5.74, 6) is 0. The van der Waals surface area contributed by atoms with E-state index in [4.69, 9.17) is 5.73 Å². The Bertz CT molecular complexity index is 509. The molecule has 0 bridgehead atoms. The molecule has 0 aliphatic carbocycles. The Morgan fingerprint density at radius 1 is 1.16 bits per heavy atom. The first-order valence-electron chi connectivity index (χ1n) is 6.17. The summed E-state index contributed by atoms with van der Waals surface area (Å²) in [6, 6.07) is 13.8. The molecule has 0 amide bonds. The molecule has 4 heteroatoms. The van der Waals surface area contributed by atoms with Crippen molar-refractivity contribution in [3.8, 4) is 0 Å². The van der Waals surface area contributed by atoms with Gasteiger partial charge in [0.1, 0.15) is 0 Å². The predicted molar refractivity (Wildman–Crippen MR) is 79.9 cm³/mol. The number of rotatable bonds is 5. The second kappa shape index (κ2) is 6.28. The van der Waals surface area contributed by atoms with Gasteiger partial charge in [-0.1, -0.05) is 30.3 Å². The molecule has 1 atom stereocenters. The van der Waals surface area contributed by atoms with Crippen LogP contribution in [0.15, 0.2) is 53.1 Å². The van der Waals surface area contributed by atoms with Crippen LogP contribution in [0.1, 0.15) is 11.3 Å². The van der Waals surface area contributed by atoms with Crippen LogP contribution in [-0.2, 0) is 11.8 Å². The summed E-state index contributed by atoms with van der Waals surface area (Å²) in [4.78, 5) is 4.37. The highest BCUT2D eigenvalue weighted by Crippen LogP contribution is 2.27. The van der Waals surface area contributed by atoms with Gasteiger partial charge in [0.05, 0.1) is 6.61 Å². The summed E-state index contributed by atoms with van der Waals surface area (Å²) >= 11 is 3.37. The van der Waals surface area contributed by atoms with Crippen LogP contribution >= 0.6 is 15.9 Å². The average molecular weight is 321 g/mol. The van der Waals surface area contributed by atoms with Gasteiger partial charge in [-0.05, 0) is 33.6 Å². The fourth-order valence-electron chi connectivity index (χ4n) is 2.15. The molecule has 0 spiro atoms. The number of aliphatic hydroxyl groups is 1. The molecule has 0 saturated heterocycles. The van der Waals surface area contributed by atoms with Crippen molar-refractivity contribution < 1.29 is 5.11 Å². The van der Waals surface area contributed by atoms with Crippen molar-refractivity contribution in [3.05, 3.63) is 64.4 Å². The van der Waals surface area contributed by atoms with Gasteiger partial charge >= 0.3 is 0 Å². The average Bonchev–Trinajstić information content (AvgIpc) is 2.48. The number of halogens is 1. The minimum absolute atomic E-state index is 0.00522. The van der Waals surface area contributed by atoms with Gasteiger partial charge in [0, 0.05) is 34.7 Å². The van der Waals surface area contributed by atoms with E-state index in [0.717, 1.165) is 15.7 Å². The largest absolute Gasteiger partial charge is 0.395 e. The lowest BCUT2D eigenvalue weighted by atomic mass is 9.77. The fourth-order valence-corrected chi connectivity index (χ4v) is 2.39. The molecule has 100 valence electrons. The van der Waals surface area contributed by atoms with E-state index >= 15 is 0 Å². The summed E-state index contributed by atoms with van der Waals surface area (Å²) in [7, 11) is 0. The molecule has 0 aliphatic heterocycles. The standard InChI is InChI=1S/C15H17BrN2O/c16-13-6-7-14(18-9-13)8-15(10-17,11-19)12-4-2-1-3-5-12/h1-7,9,19H,8,10-11,17H2. The van der Waals surface area contributed by atoms with Crippen molar-refractivity contribution in [3.63, 3.8) is 0 Å². The van der Waals surface area contributed by atoms with E-state index < -0.39 is 5.41 Å². The van der Waals surface area contributed by atoms with Crippen LogP contribution in [-0.4, -0.2) is 23.2 Å². The van der Waals surface area contributed by atoms with E-state index in [-0.39, 0.29) is 6.61 Å². The maximum absolute atomic E-state index is 9.83. The van der Waals surface area contributed by atoms with E-state index in [2.05, 4.69) is 20.9 Å². The monoisotopic (exact) mass is 320 g/mol. The molecule has 3 N–H and O–H groups in total. The Kier molecular flexibility index (Phi) is 4.69. The molecule has 0 radical (unpaired) electrons. The Hall–Kier alpha value is -1.23.